The van der Waals surface area contributed by atoms with Gasteiger partial charge in [-0.15, -0.1) is 0 Å². The van der Waals surface area contributed by atoms with Gasteiger partial charge in [-0.1, -0.05) is 49.2 Å². The zero-order valence-electron chi connectivity index (χ0n) is 10.5. The van der Waals surface area contributed by atoms with Crippen molar-refractivity contribution in [3.8, 4) is 0 Å². The van der Waals surface area contributed by atoms with E-state index in [1.807, 2.05) is 13.8 Å². The Morgan fingerprint density at radius 2 is 1.94 bits per heavy atom. The molecule has 0 aromatic heterocycles. The molecule has 1 aromatic carbocycles. The van der Waals surface area contributed by atoms with Crippen molar-refractivity contribution >= 4 is 29.2 Å². The number of aliphatic hydroxyl groups is 1. The maximum absolute atomic E-state index is 11.7. The lowest BCUT2D eigenvalue weighted by Gasteiger charge is -2.25. The summed E-state index contributed by atoms with van der Waals surface area (Å²) in [6.07, 6.45) is -1.04. The Morgan fingerprint density at radius 1 is 1.33 bits per heavy atom. The number of aliphatic hydroxyl groups excluding tert-OH is 1. The van der Waals surface area contributed by atoms with E-state index in [0.29, 0.717) is 10.6 Å². The van der Waals surface area contributed by atoms with Crippen molar-refractivity contribution in [3.63, 3.8) is 0 Å². The van der Waals surface area contributed by atoms with Crippen molar-refractivity contribution in [2.24, 2.45) is 11.8 Å². The number of rotatable bonds is 4. The summed E-state index contributed by atoms with van der Waals surface area (Å²) in [4.78, 5) is 11.7. The maximum atomic E-state index is 11.7. The molecule has 1 N–H and O–H groups in total. The lowest BCUT2D eigenvalue weighted by atomic mass is 9.86. The Kier molecular flexibility index (Phi) is 5.45. The predicted octanol–water partition coefficient (Wildman–Crippen LogP) is 3.47. The van der Waals surface area contributed by atoms with Gasteiger partial charge in [-0.3, -0.25) is 4.79 Å². The summed E-state index contributed by atoms with van der Waals surface area (Å²) in [6, 6.07) is 4.96. The van der Waals surface area contributed by atoms with E-state index in [2.05, 4.69) is 0 Å². The van der Waals surface area contributed by atoms with Crippen LogP contribution in [0.15, 0.2) is 18.2 Å². The highest BCUT2D eigenvalue weighted by molar-refractivity contribution is 6.42. The van der Waals surface area contributed by atoms with Crippen molar-refractivity contribution in [1.29, 1.82) is 0 Å². The summed E-state index contributed by atoms with van der Waals surface area (Å²) in [5.41, 5.74) is 0.438. The Labute approximate surface area is 117 Å². The molecule has 0 fully saturated rings. The van der Waals surface area contributed by atoms with E-state index in [-0.39, 0.29) is 10.9 Å². The van der Waals surface area contributed by atoms with E-state index >= 15 is 0 Å². The van der Waals surface area contributed by atoms with Crippen LogP contribution in [0.2, 0.25) is 10.0 Å². The monoisotopic (exact) mass is 290 g/mol. The van der Waals surface area contributed by atoms with E-state index in [9.17, 15) is 9.90 Å². The van der Waals surface area contributed by atoms with E-state index in [4.69, 9.17) is 27.9 Å². The lowest BCUT2D eigenvalue weighted by molar-refractivity contribution is -0.152. The molecule has 2 atom stereocenters. The summed E-state index contributed by atoms with van der Waals surface area (Å²) < 4.78 is 4.71. The Morgan fingerprint density at radius 3 is 2.44 bits per heavy atom. The first-order valence-electron chi connectivity index (χ1n) is 5.60. The smallest absolute Gasteiger partial charge is 0.311 e. The molecule has 1 aromatic rings. The van der Waals surface area contributed by atoms with Crippen molar-refractivity contribution in [2.75, 3.05) is 7.11 Å². The normalized spacial score (nSPS) is 14.4. The molecule has 0 saturated carbocycles. The molecule has 0 heterocycles. The first-order chi connectivity index (χ1) is 8.40. The number of carbonyl (C=O) groups excluding carboxylic acids is 1. The van der Waals surface area contributed by atoms with Gasteiger partial charge in [0.05, 0.1) is 29.2 Å². The van der Waals surface area contributed by atoms with Gasteiger partial charge in [-0.2, -0.15) is 0 Å². The minimum absolute atomic E-state index is 0.0810. The first kappa shape index (κ1) is 15.3. The van der Waals surface area contributed by atoms with Crippen LogP contribution in [-0.4, -0.2) is 18.2 Å². The largest absolute Gasteiger partial charge is 0.469 e. The standard InChI is InChI=1S/C13H16Cl2O3/c1-7(2)10(13(17)18-3)12(16)8-5-4-6-9(14)11(8)15/h4-7,10,12,16H,1-3H3. The Bertz CT molecular complexity index is 432. The van der Waals surface area contributed by atoms with Crippen LogP contribution in [0.3, 0.4) is 0 Å². The van der Waals surface area contributed by atoms with E-state index in [1.54, 1.807) is 18.2 Å². The second-order valence-corrected chi connectivity index (χ2v) is 5.17. The van der Waals surface area contributed by atoms with E-state index in [0.717, 1.165) is 0 Å². The lowest BCUT2D eigenvalue weighted by Crippen LogP contribution is -2.28. The fourth-order valence-corrected chi connectivity index (χ4v) is 2.26. The van der Waals surface area contributed by atoms with Gasteiger partial charge in [0.15, 0.2) is 0 Å². The summed E-state index contributed by atoms with van der Waals surface area (Å²) in [6.45, 7) is 3.67. The third-order valence-electron chi connectivity index (χ3n) is 2.83. The number of ether oxygens (including phenoxy) is 1. The third kappa shape index (κ3) is 3.16. The summed E-state index contributed by atoms with van der Waals surface area (Å²) in [5, 5.41) is 10.9. The minimum atomic E-state index is -1.04. The van der Waals surface area contributed by atoms with Crippen LogP contribution in [0, 0.1) is 11.8 Å². The molecular formula is C13H16Cl2O3. The van der Waals surface area contributed by atoms with Crippen molar-refractivity contribution < 1.29 is 14.6 Å². The van der Waals surface area contributed by atoms with Crippen LogP contribution in [0.5, 0.6) is 0 Å². The highest BCUT2D eigenvalue weighted by Gasteiger charge is 2.33. The average Bonchev–Trinajstić information content (AvgIpc) is 2.31. The predicted molar refractivity (Wildman–Crippen MR) is 71.8 cm³/mol. The van der Waals surface area contributed by atoms with E-state index in [1.165, 1.54) is 7.11 Å². The molecule has 1 rings (SSSR count). The second-order valence-electron chi connectivity index (χ2n) is 4.38. The number of hydrogen-bond acceptors (Lipinski definition) is 3. The number of esters is 1. The molecule has 100 valence electrons. The van der Waals surface area contributed by atoms with Gasteiger partial charge in [0, 0.05) is 5.56 Å². The zero-order valence-corrected chi connectivity index (χ0v) is 12.0. The molecule has 3 nitrogen and oxygen atoms in total. The van der Waals surface area contributed by atoms with Crippen LogP contribution in [0.4, 0.5) is 0 Å². The molecule has 0 aliphatic heterocycles. The molecule has 0 saturated heterocycles. The third-order valence-corrected chi connectivity index (χ3v) is 3.67. The van der Waals surface area contributed by atoms with Crippen molar-refractivity contribution in [2.45, 2.75) is 20.0 Å². The fourth-order valence-electron chi connectivity index (χ4n) is 1.84. The SMILES string of the molecule is COC(=O)C(C(C)C)C(O)c1cccc(Cl)c1Cl. The first-order valence-corrected chi connectivity index (χ1v) is 6.35. The Hall–Kier alpha value is -0.770. The molecule has 0 aliphatic carbocycles. The number of halogens is 2. The average molecular weight is 291 g/mol. The number of hydrogen-bond donors (Lipinski definition) is 1. The van der Waals surface area contributed by atoms with Crippen LogP contribution >= 0.6 is 23.2 Å². The van der Waals surface area contributed by atoms with Gasteiger partial charge in [-0.25, -0.2) is 0 Å². The van der Waals surface area contributed by atoms with Gasteiger partial charge in [-0.05, 0) is 12.0 Å². The fraction of sp³-hybridized carbons (Fsp3) is 0.462. The topological polar surface area (TPSA) is 46.5 Å². The Balaban J connectivity index is 3.14. The zero-order chi connectivity index (χ0) is 13.9. The van der Waals surface area contributed by atoms with Gasteiger partial charge in [0.25, 0.3) is 0 Å². The summed E-state index contributed by atoms with van der Waals surface area (Å²) >= 11 is 11.9. The van der Waals surface area contributed by atoms with Crippen LogP contribution in [0.25, 0.3) is 0 Å². The second kappa shape index (κ2) is 6.41. The number of methoxy groups -OCH3 is 1. The maximum Gasteiger partial charge on any atom is 0.311 e. The van der Waals surface area contributed by atoms with Gasteiger partial charge in [0.1, 0.15) is 0 Å². The number of benzene rings is 1. The molecule has 0 spiro atoms. The highest BCUT2D eigenvalue weighted by atomic mass is 35.5. The highest BCUT2D eigenvalue weighted by Crippen LogP contribution is 2.36. The molecule has 0 bridgehead atoms. The van der Waals surface area contributed by atoms with Gasteiger partial charge < -0.3 is 9.84 Å². The van der Waals surface area contributed by atoms with Gasteiger partial charge >= 0.3 is 5.97 Å². The summed E-state index contributed by atoms with van der Waals surface area (Å²) in [7, 11) is 1.30. The van der Waals surface area contributed by atoms with Gasteiger partial charge in [0.2, 0.25) is 0 Å². The van der Waals surface area contributed by atoms with Crippen molar-refractivity contribution in [1.82, 2.24) is 0 Å². The molecular weight excluding hydrogens is 275 g/mol. The minimum Gasteiger partial charge on any atom is -0.469 e. The molecule has 18 heavy (non-hydrogen) atoms. The van der Waals surface area contributed by atoms with Crippen LogP contribution in [0.1, 0.15) is 25.5 Å². The molecule has 2 unspecified atom stereocenters. The number of carbonyl (C=O) groups is 1. The van der Waals surface area contributed by atoms with Crippen LogP contribution < -0.4 is 0 Å². The molecule has 5 heteroatoms. The van der Waals surface area contributed by atoms with E-state index < -0.39 is 18.0 Å². The molecule has 0 aliphatic rings. The summed E-state index contributed by atoms with van der Waals surface area (Å²) in [5.74, 6) is -1.22. The molecule has 0 radical (unpaired) electrons. The molecule has 0 amide bonds. The van der Waals surface area contributed by atoms with Crippen molar-refractivity contribution in [3.05, 3.63) is 33.8 Å². The quantitative estimate of drug-likeness (QED) is 0.864. The van der Waals surface area contributed by atoms with Crippen LogP contribution in [-0.2, 0) is 9.53 Å².